The van der Waals surface area contributed by atoms with Crippen molar-refractivity contribution in [3.63, 3.8) is 0 Å². The van der Waals surface area contributed by atoms with E-state index in [9.17, 15) is 0 Å². The second-order valence-electron chi connectivity index (χ2n) is 23.2. The van der Waals surface area contributed by atoms with Gasteiger partial charge in [-0.25, -0.2) is 0 Å². The molecule has 6 nitrogen and oxygen atoms in total. The van der Waals surface area contributed by atoms with Gasteiger partial charge in [0.05, 0.1) is 32.0 Å². The largest absolute Gasteiger partial charge is 0.379 e. The summed E-state index contributed by atoms with van der Waals surface area (Å²) in [6.45, 7) is 22.9. The van der Waals surface area contributed by atoms with Crippen molar-refractivity contribution in [1.82, 2.24) is 4.90 Å². The van der Waals surface area contributed by atoms with Crippen molar-refractivity contribution in [3.05, 3.63) is 36.0 Å². The first-order chi connectivity index (χ1) is 32.2. The molecule has 0 aromatic carbocycles. The summed E-state index contributed by atoms with van der Waals surface area (Å²) in [7, 11) is 0. The van der Waals surface area contributed by atoms with Crippen LogP contribution in [0.4, 0.5) is 0 Å². The van der Waals surface area contributed by atoms with Crippen molar-refractivity contribution in [2.45, 2.75) is 234 Å². The van der Waals surface area contributed by atoms with E-state index in [1.807, 2.05) is 0 Å². The number of allylic oxidation sites excluding steroid dienone is 5. The molecule has 4 aliphatic carbocycles. The van der Waals surface area contributed by atoms with Crippen LogP contribution in [0.5, 0.6) is 0 Å². The third kappa shape index (κ3) is 19.0. The Bertz CT molecular complexity index is 1340. The number of rotatable bonds is 36. The summed E-state index contributed by atoms with van der Waals surface area (Å²) in [5.41, 5.74) is 2.72. The second kappa shape index (κ2) is 32.1. The molecule has 0 N–H and O–H groups in total. The van der Waals surface area contributed by atoms with E-state index in [4.69, 9.17) is 23.7 Å². The van der Waals surface area contributed by atoms with Crippen LogP contribution in [0.25, 0.3) is 0 Å². The van der Waals surface area contributed by atoms with E-state index in [-0.39, 0.29) is 6.10 Å². The maximum atomic E-state index is 6.58. The predicted octanol–water partition coefficient (Wildman–Crippen LogP) is 15.9. The van der Waals surface area contributed by atoms with Gasteiger partial charge in [-0.3, -0.25) is 0 Å². The standard InChI is InChI=1S/C60H107NO5/c1-7-8-9-10-11-12-13-14-15-16-17-18-19-20-21-25-42-63-49-64-48-54(47-61-39-23-22-24-40-61)66-45-44-62-41-26-27-43-65-53-35-37-59(5)52(46-53)31-32-55-57-34-33-56(51(4)30-28-29-50(2)3)60(57,6)38-36-58(55)59/h11-12,14-15,31,50-51,53-58H,7-10,13,16-30,32-49H2,1-6H3/b12-11-,15-14-/t51-,53+,54?,55+,56-,57+,58+,59+,60-/m1/s1. The van der Waals surface area contributed by atoms with Crippen LogP contribution >= 0.6 is 0 Å². The number of fused-ring (bicyclic) bond motifs is 5. The van der Waals surface area contributed by atoms with Crippen molar-refractivity contribution in [2.24, 2.45) is 46.3 Å². The van der Waals surface area contributed by atoms with Gasteiger partial charge in [-0.1, -0.05) is 142 Å². The van der Waals surface area contributed by atoms with Gasteiger partial charge in [0, 0.05) is 26.4 Å². The van der Waals surface area contributed by atoms with Crippen molar-refractivity contribution < 1.29 is 23.7 Å². The Labute approximate surface area is 409 Å². The van der Waals surface area contributed by atoms with Crippen LogP contribution < -0.4 is 0 Å². The number of unbranched alkanes of at least 4 members (excludes halogenated alkanes) is 10. The minimum Gasteiger partial charge on any atom is -0.379 e. The first-order valence-electron chi connectivity index (χ1n) is 28.9. The molecule has 0 aromatic rings. The monoisotopic (exact) mass is 922 g/mol. The normalized spacial score (nSPS) is 29.1. The van der Waals surface area contributed by atoms with E-state index >= 15 is 0 Å². The van der Waals surface area contributed by atoms with Gasteiger partial charge in [-0.2, -0.15) is 0 Å². The lowest BCUT2D eigenvalue weighted by Crippen LogP contribution is -2.51. The molecule has 0 aromatic heterocycles. The zero-order valence-corrected chi connectivity index (χ0v) is 44.4. The molecule has 0 bridgehead atoms. The molecular formula is C60H107NO5. The van der Waals surface area contributed by atoms with Crippen molar-refractivity contribution in [3.8, 4) is 0 Å². The Morgan fingerprint density at radius 1 is 0.682 bits per heavy atom. The Kier molecular flexibility index (Phi) is 27.1. The van der Waals surface area contributed by atoms with E-state index < -0.39 is 0 Å². The van der Waals surface area contributed by atoms with Crippen LogP contribution in [0.15, 0.2) is 36.0 Å². The van der Waals surface area contributed by atoms with E-state index in [1.54, 1.807) is 5.57 Å². The molecule has 5 rings (SSSR count). The molecule has 1 unspecified atom stereocenters. The highest BCUT2D eigenvalue weighted by Crippen LogP contribution is 2.67. The van der Waals surface area contributed by atoms with Gasteiger partial charge < -0.3 is 28.6 Å². The van der Waals surface area contributed by atoms with Crippen molar-refractivity contribution in [2.75, 3.05) is 66.1 Å². The van der Waals surface area contributed by atoms with Crippen LogP contribution in [0.3, 0.4) is 0 Å². The lowest BCUT2D eigenvalue weighted by molar-refractivity contribution is -0.104. The number of likely N-dealkylation sites (tertiary alicyclic amines) is 1. The molecule has 5 aliphatic rings. The SMILES string of the molecule is CCCCC/C=C\C/C=C\CCCCCCCCOCOCC(CN1CCCCC1)OCCOCCCCO[C@H]1CC[C@@]2(C)C(=CC[C@H]3[C@@H]4CC[C@H]([C@H](C)CCCC(C)C)[C@@]4(C)CC[C@@H]32)C1. The molecular weight excluding hydrogens is 815 g/mol. The van der Waals surface area contributed by atoms with Gasteiger partial charge in [-0.15, -0.1) is 0 Å². The van der Waals surface area contributed by atoms with E-state index in [1.165, 1.54) is 161 Å². The number of nitrogens with zero attached hydrogens (tertiary/aromatic N) is 1. The quantitative estimate of drug-likeness (QED) is 0.0355. The third-order valence-corrected chi connectivity index (χ3v) is 17.7. The van der Waals surface area contributed by atoms with Gasteiger partial charge >= 0.3 is 0 Å². The molecule has 3 saturated carbocycles. The molecule has 4 fully saturated rings. The highest BCUT2D eigenvalue weighted by molar-refractivity contribution is 5.25. The Balaban J connectivity index is 0.868. The summed E-state index contributed by atoms with van der Waals surface area (Å²) in [5, 5.41) is 0. The number of piperidine rings is 1. The molecule has 1 aliphatic heterocycles. The summed E-state index contributed by atoms with van der Waals surface area (Å²) in [6.07, 6.45) is 48.9. The highest BCUT2D eigenvalue weighted by atomic mass is 16.7. The fourth-order valence-corrected chi connectivity index (χ4v) is 13.8. The topological polar surface area (TPSA) is 49.4 Å². The zero-order chi connectivity index (χ0) is 46.7. The smallest absolute Gasteiger partial charge is 0.146 e. The zero-order valence-electron chi connectivity index (χ0n) is 44.4. The van der Waals surface area contributed by atoms with E-state index in [0.717, 1.165) is 94.0 Å². The Hall–Kier alpha value is -1.02. The first kappa shape index (κ1) is 55.9. The van der Waals surface area contributed by atoms with Gasteiger partial charge in [0.15, 0.2) is 0 Å². The van der Waals surface area contributed by atoms with Crippen LogP contribution in [-0.2, 0) is 23.7 Å². The minimum absolute atomic E-state index is 0.0551. The van der Waals surface area contributed by atoms with Crippen LogP contribution in [0.1, 0.15) is 221 Å². The summed E-state index contributed by atoms with van der Waals surface area (Å²) >= 11 is 0. The molecule has 1 saturated heterocycles. The summed E-state index contributed by atoms with van der Waals surface area (Å²) in [5.74, 6) is 5.39. The fourth-order valence-electron chi connectivity index (χ4n) is 13.8. The lowest BCUT2D eigenvalue weighted by atomic mass is 9.47. The average molecular weight is 923 g/mol. The molecule has 0 radical (unpaired) electrons. The summed E-state index contributed by atoms with van der Waals surface area (Å²) in [6, 6.07) is 0. The van der Waals surface area contributed by atoms with Crippen LogP contribution in [0, 0.1) is 46.3 Å². The second-order valence-corrected chi connectivity index (χ2v) is 23.2. The highest BCUT2D eigenvalue weighted by Gasteiger charge is 2.59. The average Bonchev–Trinajstić information content (AvgIpc) is 3.67. The molecule has 0 spiro atoms. The van der Waals surface area contributed by atoms with Gasteiger partial charge in [-0.05, 0) is 175 Å². The Morgan fingerprint density at radius 3 is 2.20 bits per heavy atom. The minimum atomic E-state index is 0.0551. The maximum absolute atomic E-state index is 6.58. The number of hydrogen-bond donors (Lipinski definition) is 0. The summed E-state index contributed by atoms with van der Waals surface area (Å²) < 4.78 is 30.8. The first-order valence-corrected chi connectivity index (χ1v) is 28.9. The molecule has 6 heteroatoms. The molecule has 9 atom stereocenters. The lowest BCUT2D eigenvalue weighted by Gasteiger charge is -2.58. The van der Waals surface area contributed by atoms with E-state index in [2.05, 4.69) is 76.8 Å². The fraction of sp³-hybridized carbons (Fsp3) is 0.900. The Morgan fingerprint density at radius 2 is 1.41 bits per heavy atom. The van der Waals surface area contributed by atoms with Gasteiger partial charge in [0.1, 0.15) is 6.79 Å². The van der Waals surface area contributed by atoms with Crippen molar-refractivity contribution in [1.29, 1.82) is 0 Å². The summed E-state index contributed by atoms with van der Waals surface area (Å²) in [4.78, 5) is 2.55. The molecule has 1 heterocycles. The van der Waals surface area contributed by atoms with Gasteiger partial charge in [0.25, 0.3) is 0 Å². The van der Waals surface area contributed by atoms with Crippen LogP contribution in [-0.4, -0.2) is 83.2 Å². The number of ether oxygens (including phenoxy) is 5. The molecule has 0 amide bonds. The predicted molar refractivity (Wildman–Crippen MR) is 279 cm³/mol. The van der Waals surface area contributed by atoms with Crippen LogP contribution in [0.2, 0.25) is 0 Å². The molecule has 66 heavy (non-hydrogen) atoms. The molecule has 382 valence electrons. The van der Waals surface area contributed by atoms with Crippen molar-refractivity contribution >= 4 is 0 Å². The third-order valence-electron chi connectivity index (χ3n) is 17.7. The maximum Gasteiger partial charge on any atom is 0.146 e. The number of hydrogen-bond acceptors (Lipinski definition) is 6. The van der Waals surface area contributed by atoms with Gasteiger partial charge in [0.2, 0.25) is 0 Å². The van der Waals surface area contributed by atoms with E-state index in [0.29, 0.717) is 43.5 Å².